The van der Waals surface area contributed by atoms with Crippen LogP contribution in [0.4, 0.5) is 0 Å². The summed E-state index contributed by atoms with van der Waals surface area (Å²) in [5, 5.41) is 1.99. The maximum atomic E-state index is 12.9. The van der Waals surface area contributed by atoms with Crippen LogP contribution >= 0.6 is 0 Å². The van der Waals surface area contributed by atoms with Crippen LogP contribution in [-0.2, 0) is 9.53 Å². The minimum Gasteiger partial charge on any atom is -0.378 e. The van der Waals surface area contributed by atoms with Crippen molar-refractivity contribution in [1.29, 1.82) is 0 Å². The van der Waals surface area contributed by atoms with E-state index in [0.29, 0.717) is 32.0 Å². The molecule has 2 saturated heterocycles. The van der Waals surface area contributed by atoms with E-state index in [2.05, 4.69) is 4.98 Å². The minimum atomic E-state index is -0.299. The number of ether oxygens (including phenoxy) is 1. The standard InChI is InChI=1S/C18H19N3O3/c1-20-15-9-21(8-14(17(20)22)10-24-11-15)18(23)16-6-12-4-2-3-5-13(12)7-19-16/h2-7,14-15H,8-11H2,1H3/t14-,15+/m1/s1. The molecule has 2 aliphatic rings. The van der Waals surface area contributed by atoms with Crippen LogP contribution < -0.4 is 0 Å². The van der Waals surface area contributed by atoms with E-state index in [1.54, 1.807) is 23.0 Å². The van der Waals surface area contributed by atoms with Crippen molar-refractivity contribution in [3.63, 3.8) is 0 Å². The summed E-state index contributed by atoms with van der Waals surface area (Å²) in [7, 11) is 1.79. The van der Waals surface area contributed by atoms with E-state index in [9.17, 15) is 9.59 Å². The second kappa shape index (κ2) is 5.87. The summed E-state index contributed by atoms with van der Waals surface area (Å²) in [6, 6.07) is 9.55. The fourth-order valence-corrected chi connectivity index (χ4v) is 3.43. The smallest absolute Gasteiger partial charge is 0.272 e. The van der Waals surface area contributed by atoms with Gasteiger partial charge in [-0.1, -0.05) is 24.3 Å². The lowest BCUT2D eigenvalue weighted by Crippen LogP contribution is -2.45. The Hall–Kier alpha value is -2.47. The van der Waals surface area contributed by atoms with Gasteiger partial charge in [-0.25, -0.2) is 0 Å². The predicted octanol–water partition coefficient (Wildman–Crippen LogP) is 1.16. The first-order valence-electron chi connectivity index (χ1n) is 8.12. The third kappa shape index (κ3) is 2.53. The molecule has 124 valence electrons. The Labute approximate surface area is 140 Å². The number of pyridine rings is 1. The lowest BCUT2D eigenvalue weighted by atomic mass is 10.1. The summed E-state index contributed by atoms with van der Waals surface area (Å²) in [5.74, 6) is -0.369. The maximum absolute atomic E-state index is 12.9. The number of fused-ring (bicyclic) bond motifs is 4. The largest absolute Gasteiger partial charge is 0.378 e. The van der Waals surface area contributed by atoms with Gasteiger partial charge in [-0.3, -0.25) is 14.6 Å². The number of nitrogens with zero attached hydrogens (tertiary/aromatic N) is 3. The summed E-state index contributed by atoms with van der Waals surface area (Å²) in [4.78, 5) is 33.1. The summed E-state index contributed by atoms with van der Waals surface area (Å²) in [6.45, 7) is 1.70. The molecule has 0 N–H and O–H groups in total. The Morgan fingerprint density at radius 2 is 2.00 bits per heavy atom. The third-order valence-electron chi connectivity index (χ3n) is 4.88. The Morgan fingerprint density at radius 3 is 2.83 bits per heavy atom. The zero-order valence-corrected chi connectivity index (χ0v) is 13.5. The highest BCUT2D eigenvalue weighted by molar-refractivity contribution is 5.97. The Bertz CT molecular complexity index is 807. The van der Waals surface area contributed by atoms with E-state index >= 15 is 0 Å². The molecular formula is C18H19N3O3. The fraction of sp³-hybridized carbons (Fsp3) is 0.389. The number of likely N-dealkylation sites (N-methyl/N-ethyl adjacent to an activating group) is 1. The van der Waals surface area contributed by atoms with Crippen LogP contribution in [0.15, 0.2) is 36.5 Å². The second-order valence-corrected chi connectivity index (χ2v) is 6.46. The summed E-state index contributed by atoms with van der Waals surface area (Å²) in [6.07, 6.45) is 1.72. The lowest BCUT2D eigenvalue weighted by Gasteiger charge is -2.29. The van der Waals surface area contributed by atoms with Crippen molar-refractivity contribution in [2.75, 3.05) is 33.4 Å². The number of hydrogen-bond acceptors (Lipinski definition) is 4. The molecule has 0 saturated carbocycles. The molecule has 2 amide bonds. The quantitative estimate of drug-likeness (QED) is 0.789. The van der Waals surface area contributed by atoms with Crippen molar-refractivity contribution >= 4 is 22.6 Å². The molecule has 2 bridgehead atoms. The van der Waals surface area contributed by atoms with Crippen LogP contribution in [0.3, 0.4) is 0 Å². The monoisotopic (exact) mass is 325 g/mol. The average molecular weight is 325 g/mol. The number of benzene rings is 1. The lowest BCUT2D eigenvalue weighted by molar-refractivity contribution is -0.133. The van der Waals surface area contributed by atoms with E-state index in [1.807, 2.05) is 30.3 Å². The first-order chi connectivity index (χ1) is 11.6. The van der Waals surface area contributed by atoms with Crippen molar-refractivity contribution in [3.8, 4) is 0 Å². The van der Waals surface area contributed by atoms with Gasteiger partial charge in [0, 0.05) is 31.7 Å². The highest BCUT2D eigenvalue weighted by Gasteiger charge is 2.39. The van der Waals surface area contributed by atoms with Gasteiger partial charge in [-0.05, 0) is 11.5 Å². The van der Waals surface area contributed by atoms with Crippen molar-refractivity contribution < 1.29 is 14.3 Å². The average Bonchev–Trinajstić information content (AvgIpc) is 2.79. The number of hydrogen-bond donors (Lipinski definition) is 0. The molecule has 24 heavy (non-hydrogen) atoms. The van der Waals surface area contributed by atoms with Crippen LogP contribution in [0.1, 0.15) is 10.5 Å². The van der Waals surface area contributed by atoms with Gasteiger partial charge in [0.15, 0.2) is 0 Å². The van der Waals surface area contributed by atoms with Crippen LogP contribution in [0.2, 0.25) is 0 Å². The molecule has 1 aromatic carbocycles. The summed E-state index contributed by atoms with van der Waals surface area (Å²) >= 11 is 0. The molecule has 0 spiro atoms. The molecule has 6 nitrogen and oxygen atoms in total. The van der Waals surface area contributed by atoms with Crippen molar-refractivity contribution in [3.05, 3.63) is 42.2 Å². The van der Waals surface area contributed by atoms with Crippen molar-refractivity contribution in [2.45, 2.75) is 6.04 Å². The van der Waals surface area contributed by atoms with Crippen molar-refractivity contribution in [1.82, 2.24) is 14.8 Å². The number of amides is 2. The molecule has 0 aliphatic carbocycles. The van der Waals surface area contributed by atoms with Crippen molar-refractivity contribution in [2.24, 2.45) is 5.92 Å². The summed E-state index contributed by atoms with van der Waals surface area (Å²) in [5.41, 5.74) is 0.421. The second-order valence-electron chi connectivity index (χ2n) is 6.46. The van der Waals surface area contributed by atoms with E-state index in [4.69, 9.17) is 4.74 Å². The topological polar surface area (TPSA) is 62.7 Å². The molecule has 2 aromatic rings. The minimum absolute atomic E-state index is 0.0549. The van der Waals surface area contributed by atoms with Gasteiger partial charge in [0.1, 0.15) is 5.69 Å². The van der Waals surface area contributed by atoms with Gasteiger partial charge in [0.05, 0.1) is 25.2 Å². The first kappa shape index (κ1) is 15.1. The van der Waals surface area contributed by atoms with Crippen LogP contribution in [0, 0.1) is 5.92 Å². The van der Waals surface area contributed by atoms with Gasteiger partial charge in [0.2, 0.25) is 5.91 Å². The molecule has 4 rings (SSSR count). The van der Waals surface area contributed by atoms with E-state index in [-0.39, 0.29) is 23.8 Å². The molecule has 6 heteroatoms. The highest BCUT2D eigenvalue weighted by atomic mass is 16.5. The predicted molar refractivity (Wildman–Crippen MR) is 88.5 cm³/mol. The summed E-state index contributed by atoms with van der Waals surface area (Å²) < 4.78 is 5.58. The zero-order valence-electron chi connectivity index (χ0n) is 13.5. The number of aromatic nitrogens is 1. The van der Waals surface area contributed by atoms with Gasteiger partial charge in [-0.2, -0.15) is 0 Å². The van der Waals surface area contributed by atoms with Gasteiger partial charge in [0.25, 0.3) is 5.91 Å². The van der Waals surface area contributed by atoms with Gasteiger partial charge in [-0.15, -0.1) is 0 Å². The SMILES string of the molecule is CN1C(=O)[C@H]2COC[C@@H]1CN(C(=O)c1cc3ccccc3cn1)C2. The Kier molecular flexibility index (Phi) is 3.69. The molecule has 1 aromatic heterocycles. The molecule has 3 heterocycles. The van der Waals surface area contributed by atoms with Crippen LogP contribution in [-0.4, -0.2) is 66.0 Å². The molecule has 0 unspecified atom stereocenters. The molecule has 2 fully saturated rings. The molecular weight excluding hydrogens is 306 g/mol. The number of rotatable bonds is 1. The first-order valence-corrected chi connectivity index (χ1v) is 8.12. The Balaban J connectivity index is 1.64. The third-order valence-corrected chi connectivity index (χ3v) is 4.88. The normalized spacial score (nSPS) is 24.1. The van der Waals surface area contributed by atoms with E-state index in [1.165, 1.54) is 0 Å². The molecule has 2 aliphatic heterocycles. The number of carbonyl (C=O) groups is 2. The van der Waals surface area contributed by atoms with Gasteiger partial charge < -0.3 is 14.5 Å². The molecule has 0 radical (unpaired) electrons. The maximum Gasteiger partial charge on any atom is 0.272 e. The van der Waals surface area contributed by atoms with E-state index < -0.39 is 0 Å². The van der Waals surface area contributed by atoms with Crippen LogP contribution in [0.5, 0.6) is 0 Å². The Morgan fingerprint density at radius 1 is 1.21 bits per heavy atom. The van der Waals surface area contributed by atoms with Gasteiger partial charge >= 0.3 is 0 Å². The highest BCUT2D eigenvalue weighted by Crippen LogP contribution is 2.22. The zero-order chi connectivity index (χ0) is 16.7. The fourth-order valence-electron chi connectivity index (χ4n) is 3.43. The van der Waals surface area contributed by atoms with E-state index in [0.717, 1.165) is 10.8 Å². The number of carbonyl (C=O) groups excluding carboxylic acids is 2. The van der Waals surface area contributed by atoms with Crippen LogP contribution in [0.25, 0.3) is 10.8 Å². The molecule has 2 atom stereocenters.